The van der Waals surface area contributed by atoms with Crippen LogP contribution in [-0.2, 0) is 0 Å². The Hall–Kier alpha value is -2.15. The van der Waals surface area contributed by atoms with Crippen LogP contribution in [0.2, 0.25) is 0 Å². The number of piperidine rings is 1. The van der Waals surface area contributed by atoms with Gasteiger partial charge in [0.25, 0.3) is 11.6 Å². The first-order valence-electron chi connectivity index (χ1n) is 6.59. The fourth-order valence-electron chi connectivity index (χ4n) is 2.29. The molecule has 1 unspecified atom stereocenters. The van der Waals surface area contributed by atoms with Gasteiger partial charge in [-0.2, -0.15) is 0 Å². The van der Waals surface area contributed by atoms with Crippen LogP contribution in [0, 0.1) is 10.1 Å². The highest BCUT2D eigenvalue weighted by molar-refractivity contribution is 5.95. The lowest BCUT2D eigenvalue weighted by Crippen LogP contribution is -2.38. The van der Waals surface area contributed by atoms with Gasteiger partial charge in [0.2, 0.25) is 0 Å². The second kappa shape index (κ2) is 6.33. The molecule has 1 heterocycles. The van der Waals surface area contributed by atoms with Gasteiger partial charge in [0.15, 0.2) is 0 Å². The third kappa shape index (κ3) is 3.24. The molecule has 1 aliphatic heterocycles. The van der Waals surface area contributed by atoms with Gasteiger partial charge in [-0.05, 0) is 31.5 Å². The van der Waals surface area contributed by atoms with Crippen molar-refractivity contribution < 1.29 is 9.72 Å². The maximum absolute atomic E-state index is 11.5. The average Bonchev–Trinajstić information content (AvgIpc) is 2.47. The fourth-order valence-corrected chi connectivity index (χ4v) is 2.29. The van der Waals surface area contributed by atoms with E-state index in [2.05, 4.69) is 16.0 Å². The van der Waals surface area contributed by atoms with E-state index in [-0.39, 0.29) is 23.2 Å². The number of anilines is 1. The van der Waals surface area contributed by atoms with E-state index in [0.717, 1.165) is 25.9 Å². The first-order chi connectivity index (χ1) is 9.61. The number of hydrogen-bond donors (Lipinski definition) is 3. The van der Waals surface area contributed by atoms with Crippen molar-refractivity contribution >= 4 is 17.3 Å². The summed E-state index contributed by atoms with van der Waals surface area (Å²) in [5.74, 6) is -0.334. The highest BCUT2D eigenvalue weighted by Gasteiger charge is 2.20. The second-order valence-corrected chi connectivity index (χ2v) is 4.76. The Balaban J connectivity index is 2.23. The second-order valence-electron chi connectivity index (χ2n) is 4.76. The Morgan fingerprint density at radius 2 is 2.30 bits per heavy atom. The molecule has 0 bridgehead atoms. The molecule has 1 amide bonds. The van der Waals surface area contributed by atoms with Crippen LogP contribution in [0.15, 0.2) is 18.2 Å². The summed E-state index contributed by atoms with van der Waals surface area (Å²) < 4.78 is 0. The third-order valence-corrected chi connectivity index (χ3v) is 3.34. The molecule has 0 saturated carbocycles. The number of carbonyl (C=O) groups excluding carboxylic acids is 1. The number of nitro groups is 1. The summed E-state index contributed by atoms with van der Waals surface area (Å²) in [4.78, 5) is 22.2. The Morgan fingerprint density at radius 3 is 2.90 bits per heavy atom. The van der Waals surface area contributed by atoms with E-state index < -0.39 is 4.92 Å². The summed E-state index contributed by atoms with van der Waals surface area (Å²) >= 11 is 0. The molecule has 1 aromatic rings. The van der Waals surface area contributed by atoms with E-state index in [1.54, 1.807) is 12.1 Å². The van der Waals surface area contributed by atoms with Crippen molar-refractivity contribution in [2.24, 2.45) is 0 Å². The van der Waals surface area contributed by atoms with Crippen molar-refractivity contribution in [3.05, 3.63) is 33.9 Å². The molecule has 7 heteroatoms. The predicted molar refractivity (Wildman–Crippen MR) is 76.0 cm³/mol. The van der Waals surface area contributed by atoms with Crippen molar-refractivity contribution in [1.82, 2.24) is 10.6 Å². The van der Waals surface area contributed by atoms with Gasteiger partial charge in [-0.1, -0.05) is 0 Å². The number of benzene rings is 1. The minimum absolute atomic E-state index is 0.0725. The van der Waals surface area contributed by atoms with Crippen LogP contribution in [0.1, 0.15) is 23.2 Å². The van der Waals surface area contributed by atoms with Crippen molar-refractivity contribution in [2.45, 2.75) is 18.9 Å². The van der Waals surface area contributed by atoms with Gasteiger partial charge in [-0.15, -0.1) is 0 Å². The van der Waals surface area contributed by atoms with Crippen LogP contribution in [0.5, 0.6) is 0 Å². The largest absolute Gasteiger partial charge is 0.375 e. The maximum atomic E-state index is 11.5. The fraction of sp³-hybridized carbons (Fsp3) is 0.462. The Bertz CT molecular complexity index is 512. The summed E-state index contributed by atoms with van der Waals surface area (Å²) in [6, 6.07) is 4.66. The molecule has 1 atom stereocenters. The smallest absolute Gasteiger partial charge is 0.293 e. The zero-order chi connectivity index (χ0) is 14.5. The number of hydrogen-bond acceptors (Lipinski definition) is 5. The van der Waals surface area contributed by atoms with Gasteiger partial charge >= 0.3 is 0 Å². The highest BCUT2D eigenvalue weighted by Crippen LogP contribution is 2.27. The monoisotopic (exact) mass is 278 g/mol. The van der Waals surface area contributed by atoms with E-state index in [1.807, 2.05) is 0 Å². The Morgan fingerprint density at radius 1 is 1.50 bits per heavy atom. The standard InChI is InChI=1S/C13H18N4O3/c1-14-13(18)9-4-5-11(12(7-9)17(19)20)16-10-3-2-6-15-8-10/h4-5,7,10,15-16H,2-3,6,8H2,1H3,(H,14,18). The lowest BCUT2D eigenvalue weighted by molar-refractivity contribution is -0.384. The highest BCUT2D eigenvalue weighted by atomic mass is 16.6. The quantitative estimate of drug-likeness (QED) is 0.566. The number of carbonyl (C=O) groups is 1. The molecule has 0 radical (unpaired) electrons. The van der Waals surface area contributed by atoms with Gasteiger partial charge in [0.1, 0.15) is 5.69 Å². The molecule has 2 rings (SSSR count). The molecule has 1 aromatic carbocycles. The van der Waals surface area contributed by atoms with Crippen molar-refractivity contribution in [2.75, 3.05) is 25.5 Å². The van der Waals surface area contributed by atoms with Gasteiger partial charge in [-0.25, -0.2) is 0 Å². The molecule has 0 spiro atoms. The first kappa shape index (κ1) is 14.3. The minimum Gasteiger partial charge on any atom is -0.375 e. The summed E-state index contributed by atoms with van der Waals surface area (Å²) in [5.41, 5.74) is 0.666. The summed E-state index contributed by atoms with van der Waals surface area (Å²) in [6.45, 7) is 1.77. The molecule has 20 heavy (non-hydrogen) atoms. The molecular weight excluding hydrogens is 260 g/mol. The van der Waals surface area contributed by atoms with Gasteiger partial charge in [0, 0.05) is 31.3 Å². The molecule has 1 fully saturated rings. The van der Waals surface area contributed by atoms with E-state index in [1.165, 1.54) is 13.1 Å². The van der Waals surface area contributed by atoms with Crippen LogP contribution in [-0.4, -0.2) is 37.0 Å². The van der Waals surface area contributed by atoms with Crippen LogP contribution < -0.4 is 16.0 Å². The lowest BCUT2D eigenvalue weighted by atomic mass is 10.1. The zero-order valence-corrected chi connectivity index (χ0v) is 11.3. The number of nitro benzene ring substituents is 1. The zero-order valence-electron chi connectivity index (χ0n) is 11.3. The lowest BCUT2D eigenvalue weighted by Gasteiger charge is -2.24. The van der Waals surface area contributed by atoms with E-state index in [4.69, 9.17) is 0 Å². The van der Waals surface area contributed by atoms with Crippen LogP contribution in [0.3, 0.4) is 0 Å². The topological polar surface area (TPSA) is 96.3 Å². The van der Waals surface area contributed by atoms with E-state index in [0.29, 0.717) is 5.69 Å². The van der Waals surface area contributed by atoms with Crippen molar-refractivity contribution in [3.8, 4) is 0 Å². The molecule has 1 saturated heterocycles. The molecule has 7 nitrogen and oxygen atoms in total. The van der Waals surface area contributed by atoms with Crippen LogP contribution >= 0.6 is 0 Å². The van der Waals surface area contributed by atoms with Gasteiger partial charge in [0.05, 0.1) is 4.92 Å². The molecule has 108 valence electrons. The Labute approximate surface area is 116 Å². The van der Waals surface area contributed by atoms with Crippen LogP contribution in [0.4, 0.5) is 11.4 Å². The molecule has 3 N–H and O–H groups in total. The maximum Gasteiger partial charge on any atom is 0.293 e. The summed E-state index contributed by atoms with van der Waals surface area (Å²) in [6.07, 6.45) is 2.02. The van der Waals surface area contributed by atoms with Crippen molar-refractivity contribution in [1.29, 1.82) is 0 Å². The molecule has 1 aliphatic rings. The number of nitrogens with one attached hydrogen (secondary N) is 3. The number of amides is 1. The van der Waals surface area contributed by atoms with Gasteiger partial charge in [-0.3, -0.25) is 14.9 Å². The third-order valence-electron chi connectivity index (χ3n) is 3.34. The van der Waals surface area contributed by atoms with E-state index in [9.17, 15) is 14.9 Å². The summed E-state index contributed by atoms with van der Waals surface area (Å²) in [5, 5.41) is 20.0. The minimum atomic E-state index is -0.467. The number of nitrogens with zero attached hydrogens (tertiary/aromatic N) is 1. The molecule has 0 aromatic heterocycles. The van der Waals surface area contributed by atoms with E-state index >= 15 is 0 Å². The number of rotatable bonds is 4. The predicted octanol–water partition coefficient (Wildman–Crippen LogP) is 1.12. The summed E-state index contributed by atoms with van der Waals surface area (Å²) in [7, 11) is 1.49. The Kier molecular flexibility index (Phi) is 4.52. The normalized spacial score (nSPS) is 18.4. The van der Waals surface area contributed by atoms with Crippen molar-refractivity contribution in [3.63, 3.8) is 0 Å². The first-order valence-corrected chi connectivity index (χ1v) is 6.59. The SMILES string of the molecule is CNC(=O)c1ccc(NC2CCCNC2)c([N+](=O)[O-])c1. The molecule has 0 aliphatic carbocycles. The van der Waals surface area contributed by atoms with Crippen LogP contribution in [0.25, 0.3) is 0 Å². The van der Waals surface area contributed by atoms with Gasteiger partial charge < -0.3 is 16.0 Å². The average molecular weight is 278 g/mol. The molecular formula is C13H18N4O3.